The van der Waals surface area contributed by atoms with Crippen LogP contribution < -0.4 is 10.5 Å². The average molecular weight is 799 g/mol. The van der Waals surface area contributed by atoms with Crippen molar-refractivity contribution in [2.24, 2.45) is 0 Å². The zero-order valence-corrected chi connectivity index (χ0v) is 33.4. The van der Waals surface area contributed by atoms with Crippen LogP contribution in [0.1, 0.15) is 127 Å². The molecule has 0 radical (unpaired) electrons. The summed E-state index contributed by atoms with van der Waals surface area (Å²) in [6.45, 7) is 1.37. The Morgan fingerprint density at radius 2 is 1.57 bits per heavy atom. The molecule has 1 aliphatic rings. The number of aliphatic hydroxyl groups excluding tert-OH is 2. The zero-order valence-electron chi connectivity index (χ0n) is 32.5. The van der Waals surface area contributed by atoms with Crippen LogP contribution in [0.25, 0.3) is 5.52 Å². The number of nitrogens with zero attached hydrogens (tertiary/aromatic N) is 5. The Bertz CT molecular complexity index is 1750. The van der Waals surface area contributed by atoms with Gasteiger partial charge >= 0.3 is 7.82 Å². The fraction of sp³-hybridized carbons (Fsp3) is 0.650. The van der Waals surface area contributed by atoms with Crippen molar-refractivity contribution in [3.63, 3.8) is 0 Å². The number of ether oxygens (including phenoxy) is 3. The van der Waals surface area contributed by atoms with E-state index in [4.69, 9.17) is 29.0 Å². The maximum atomic E-state index is 13.1. The second-order valence-electron chi connectivity index (χ2n) is 14.5. The van der Waals surface area contributed by atoms with E-state index in [-0.39, 0.29) is 18.1 Å². The van der Waals surface area contributed by atoms with Crippen LogP contribution in [0, 0.1) is 22.7 Å². The maximum Gasteiger partial charge on any atom is 0.472 e. The average Bonchev–Trinajstić information content (AvgIpc) is 3.74. The Kier molecular flexibility index (Phi) is 19.0. The minimum absolute atomic E-state index is 0.0205. The molecular formula is C40H59N6O9P. The van der Waals surface area contributed by atoms with E-state index < -0.39 is 51.1 Å². The lowest BCUT2D eigenvalue weighted by Gasteiger charge is -2.26. The molecule has 0 aliphatic carbocycles. The highest BCUT2D eigenvalue weighted by atomic mass is 31.2. The van der Waals surface area contributed by atoms with Crippen LogP contribution >= 0.6 is 7.82 Å². The lowest BCUT2D eigenvalue weighted by molar-refractivity contribution is -0.0755. The fourth-order valence-corrected chi connectivity index (χ4v) is 7.57. The van der Waals surface area contributed by atoms with Crippen LogP contribution in [-0.2, 0) is 23.1 Å². The van der Waals surface area contributed by atoms with Gasteiger partial charge in [0.15, 0.2) is 5.82 Å². The van der Waals surface area contributed by atoms with Crippen LogP contribution in [0.5, 0.6) is 5.75 Å². The van der Waals surface area contributed by atoms with E-state index in [0.717, 1.165) is 19.3 Å². The first kappa shape index (κ1) is 45.1. The molecule has 308 valence electrons. The van der Waals surface area contributed by atoms with E-state index in [0.29, 0.717) is 23.4 Å². The van der Waals surface area contributed by atoms with Gasteiger partial charge in [-0.2, -0.15) is 15.6 Å². The Morgan fingerprint density at radius 1 is 0.929 bits per heavy atom. The highest BCUT2D eigenvalue weighted by Crippen LogP contribution is 2.47. The molecule has 1 aliphatic heterocycles. The van der Waals surface area contributed by atoms with E-state index in [1.807, 2.05) is 6.07 Å². The van der Waals surface area contributed by atoms with Crippen LogP contribution in [0.4, 0.5) is 5.82 Å². The molecule has 2 aromatic heterocycles. The fourth-order valence-electron chi connectivity index (χ4n) is 6.78. The molecule has 0 spiro atoms. The molecule has 1 fully saturated rings. The summed E-state index contributed by atoms with van der Waals surface area (Å²) >= 11 is 0. The summed E-state index contributed by atoms with van der Waals surface area (Å²) in [6.07, 6.45) is 15.9. The lowest BCUT2D eigenvalue weighted by atomic mass is 9.96. The summed E-state index contributed by atoms with van der Waals surface area (Å²) in [5, 5.41) is 45.2. The smallest absolute Gasteiger partial charge is 0.472 e. The molecule has 3 aromatic rings. The van der Waals surface area contributed by atoms with Crippen LogP contribution in [0.3, 0.4) is 0 Å². The molecule has 0 bridgehead atoms. The number of aromatic nitrogens is 3. The maximum absolute atomic E-state index is 13.1. The molecule has 1 saturated heterocycles. The number of phosphoric ester groups is 1. The molecule has 6 atom stereocenters. The van der Waals surface area contributed by atoms with Crippen molar-refractivity contribution in [1.29, 1.82) is 10.5 Å². The quantitative estimate of drug-likeness (QED) is 0.0425. The first-order valence-corrected chi connectivity index (χ1v) is 21.5. The lowest BCUT2D eigenvalue weighted by Crippen LogP contribution is -2.45. The number of nitrogen functional groups attached to an aromatic ring is 1. The van der Waals surface area contributed by atoms with Crippen molar-refractivity contribution >= 4 is 19.2 Å². The Morgan fingerprint density at radius 3 is 2.20 bits per heavy atom. The number of benzene rings is 1. The van der Waals surface area contributed by atoms with Gasteiger partial charge in [0, 0.05) is 6.61 Å². The van der Waals surface area contributed by atoms with E-state index in [1.54, 1.807) is 36.4 Å². The highest BCUT2D eigenvalue weighted by molar-refractivity contribution is 7.47. The summed E-state index contributed by atoms with van der Waals surface area (Å²) in [5.41, 5.74) is 4.71. The van der Waals surface area contributed by atoms with E-state index in [9.17, 15) is 30.2 Å². The summed E-state index contributed by atoms with van der Waals surface area (Å²) in [7, 11) is -4.88. The number of anilines is 1. The van der Waals surface area contributed by atoms with Gasteiger partial charge in [0.2, 0.25) is 5.60 Å². The van der Waals surface area contributed by atoms with Gasteiger partial charge in [0.1, 0.15) is 54.7 Å². The van der Waals surface area contributed by atoms with Gasteiger partial charge in [-0.1, -0.05) is 109 Å². The molecule has 16 heteroatoms. The van der Waals surface area contributed by atoms with Crippen molar-refractivity contribution in [2.45, 2.75) is 140 Å². The number of hydrogen-bond donors (Lipinski definition) is 4. The van der Waals surface area contributed by atoms with Crippen molar-refractivity contribution in [2.75, 3.05) is 32.2 Å². The van der Waals surface area contributed by atoms with Gasteiger partial charge < -0.3 is 35.1 Å². The minimum Gasteiger partial charge on any atom is -0.486 e. The summed E-state index contributed by atoms with van der Waals surface area (Å²) in [5.74, 6) is 0.506. The molecule has 5 N–H and O–H groups in total. The molecular weight excluding hydrogens is 739 g/mol. The summed E-state index contributed by atoms with van der Waals surface area (Å²) < 4.78 is 42.5. The van der Waals surface area contributed by atoms with Crippen molar-refractivity contribution in [1.82, 2.24) is 14.6 Å². The van der Waals surface area contributed by atoms with E-state index >= 15 is 0 Å². The van der Waals surface area contributed by atoms with Crippen LogP contribution in [0.2, 0.25) is 0 Å². The van der Waals surface area contributed by atoms with Crippen LogP contribution in [0.15, 0.2) is 42.7 Å². The van der Waals surface area contributed by atoms with E-state index in [1.165, 1.54) is 100 Å². The zero-order chi connectivity index (χ0) is 40.2. The molecule has 1 unspecified atom stereocenters. The number of rotatable bonds is 28. The summed E-state index contributed by atoms with van der Waals surface area (Å²) in [4.78, 5) is 14.5. The monoisotopic (exact) mass is 798 g/mol. The van der Waals surface area contributed by atoms with Gasteiger partial charge in [0.05, 0.1) is 30.5 Å². The third-order valence-electron chi connectivity index (χ3n) is 10.0. The minimum atomic E-state index is -4.88. The molecule has 4 rings (SSSR count). The third-order valence-corrected chi connectivity index (χ3v) is 10.9. The molecule has 1 aromatic carbocycles. The Balaban J connectivity index is 1.19. The number of nitriles is 2. The van der Waals surface area contributed by atoms with Gasteiger partial charge in [0.25, 0.3) is 0 Å². The molecule has 56 heavy (non-hydrogen) atoms. The predicted octanol–water partition coefficient (Wildman–Crippen LogP) is 7.10. The molecule has 15 nitrogen and oxygen atoms in total. The first-order chi connectivity index (χ1) is 27.1. The van der Waals surface area contributed by atoms with Gasteiger partial charge in [-0.25, -0.2) is 14.1 Å². The first-order valence-electron chi connectivity index (χ1n) is 20.0. The third kappa shape index (κ3) is 13.8. The van der Waals surface area contributed by atoms with E-state index in [2.05, 4.69) is 17.0 Å². The second-order valence-corrected chi connectivity index (χ2v) is 15.9. The second kappa shape index (κ2) is 23.6. The van der Waals surface area contributed by atoms with Gasteiger partial charge in [-0.05, 0) is 36.8 Å². The van der Waals surface area contributed by atoms with Gasteiger partial charge in [-0.15, -0.1) is 0 Å². The topological polar surface area (TPSA) is 228 Å². The number of hydrogen-bond acceptors (Lipinski definition) is 13. The van der Waals surface area contributed by atoms with Crippen molar-refractivity contribution < 1.29 is 42.9 Å². The van der Waals surface area contributed by atoms with Crippen molar-refractivity contribution in [3.05, 3.63) is 54.0 Å². The van der Waals surface area contributed by atoms with Crippen molar-refractivity contribution in [3.8, 4) is 17.9 Å². The number of fused-ring (bicyclic) bond motifs is 1. The Labute approximate surface area is 330 Å². The number of phosphoric acid groups is 1. The highest BCUT2D eigenvalue weighted by Gasteiger charge is 2.57. The standard InChI is InChI=1S/C40H59N6O9P/c1-2-3-4-5-6-7-8-9-10-11-12-13-14-15-16-17-23-51-26-33(54-32-20-18-19-31(24-32)25-41)27-52-56(49,50)53-29-40(28-42)38(48)36(47)37(55-40)34-21-22-35-39(43)44-30-45-46(34)35/h18-22,24,30,33,36-38,47-48H,2-17,23,26-27,29H2,1H3,(H,49,50)(H2,43,44,45)/t33-,36+,37+,38+,40-/m1/s1. The number of unbranched alkanes of at least 4 members (excludes halogenated alkanes) is 15. The SMILES string of the molecule is CCCCCCCCCCCCCCCCCCOC[C@H](COP(=O)(O)OC[C@@]1(C#N)O[C@@H](c2ccc3c(N)ncnn23)[C@H](O)[C@@H]1O)Oc1cccc(C#N)c1. The number of aliphatic hydroxyl groups is 2. The summed E-state index contributed by atoms with van der Waals surface area (Å²) in [6, 6.07) is 13.4. The van der Waals surface area contributed by atoms with Crippen LogP contribution in [-0.4, -0.2) is 80.0 Å². The molecule has 0 amide bonds. The Hall–Kier alpha value is -3.63. The molecule has 0 saturated carbocycles. The largest absolute Gasteiger partial charge is 0.486 e. The predicted molar refractivity (Wildman–Crippen MR) is 209 cm³/mol. The number of nitrogens with two attached hydrogens (primary N) is 1. The molecule has 3 heterocycles. The normalized spacial score (nSPS) is 21.1. The van der Waals surface area contributed by atoms with Gasteiger partial charge in [-0.3, -0.25) is 9.05 Å².